The van der Waals surface area contributed by atoms with Crippen molar-refractivity contribution in [3.63, 3.8) is 0 Å². The Morgan fingerprint density at radius 1 is 1.16 bits per heavy atom. The van der Waals surface area contributed by atoms with Crippen LogP contribution in [-0.4, -0.2) is 57.7 Å². The maximum absolute atomic E-state index is 9.78. The lowest BCUT2D eigenvalue weighted by Gasteiger charge is -2.39. The van der Waals surface area contributed by atoms with Crippen molar-refractivity contribution in [2.24, 2.45) is 0 Å². The molecule has 0 amide bonds. The molecule has 1 saturated heterocycles. The molecular formula is C12H15ClO6. The molecule has 2 rings (SSSR count). The largest absolute Gasteiger partial charge is 0.462 e. The Kier molecular flexibility index (Phi) is 4.62. The van der Waals surface area contributed by atoms with E-state index in [1.54, 1.807) is 18.2 Å². The van der Waals surface area contributed by atoms with E-state index in [2.05, 4.69) is 0 Å². The van der Waals surface area contributed by atoms with Crippen LogP contribution in [0.1, 0.15) is 0 Å². The average molecular weight is 291 g/mol. The highest BCUT2D eigenvalue weighted by Crippen LogP contribution is 2.25. The number of halogens is 1. The molecular weight excluding hydrogens is 276 g/mol. The van der Waals surface area contributed by atoms with E-state index in [-0.39, 0.29) is 0 Å². The number of aliphatic hydroxyl groups excluding tert-OH is 4. The molecule has 1 heterocycles. The van der Waals surface area contributed by atoms with Crippen LogP contribution in [0.3, 0.4) is 0 Å². The van der Waals surface area contributed by atoms with E-state index < -0.39 is 37.3 Å². The van der Waals surface area contributed by atoms with E-state index >= 15 is 0 Å². The number of ether oxygens (including phenoxy) is 2. The SMILES string of the molecule is OC[C@@H]1O[C@H](Oc2cccc(Cl)c2)[C@@H](O)[C@@H](O)[C@@H]1O. The Balaban J connectivity index is 2.10. The van der Waals surface area contributed by atoms with Gasteiger partial charge in [-0.3, -0.25) is 0 Å². The number of benzene rings is 1. The fourth-order valence-electron chi connectivity index (χ4n) is 1.84. The van der Waals surface area contributed by atoms with Crippen molar-refractivity contribution in [2.75, 3.05) is 6.61 Å². The van der Waals surface area contributed by atoms with Gasteiger partial charge in [-0.2, -0.15) is 0 Å². The van der Waals surface area contributed by atoms with E-state index in [9.17, 15) is 15.3 Å². The maximum atomic E-state index is 9.78. The van der Waals surface area contributed by atoms with Gasteiger partial charge in [0.25, 0.3) is 0 Å². The van der Waals surface area contributed by atoms with Crippen LogP contribution >= 0.6 is 11.6 Å². The van der Waals surface area contributed by atoms with Gasteiger partial charge in [-0.1, -0.05) is 17.7 Å². The predicted molar refractivity (Wildman–Crippen MR) is 65.8 cm³/mol. The Labute approximate surface area is 114 Å². The molecule has 0 saturated carbocycles. The molecule has 7 heteroatoms. The van der Waals surface area contributed by atoms with Gasteiger partial charge in [0, 0.05) is 5.02 Å². The minimum atomic E-state index is -1.46. The van der Waals surface area contributed by atoms with Gasteiger partial charge in [-0.15, -0.1) is 0 Å². The Hall–Kier alpha value is -0.890. The Bertz CT molecular complexity index is 426. The first-order chi connectivity index (χ1) is 9.02. The van der Waals surface area contributed by atoms with Crippen LogP contribution in [0.25, 0.3) is 0 Å². The van der Waals surface area contributed by atoms with Crippen LogP contribution < -0.4 is 4.74 Å². The minimum absolute atomic E-state index is 0.344. The summed E-state index contributed by atoms with van der Waals surface area (Å²) in [5.74, 6) is 0.344. The molecule has 1 fully saturated rings. The summed E-state index contributed by atoms with van der Waals surface area (Å²) in [5.41, 5.74) is 0. The van der Waals surface area contributed by atoms with E-state index in [4.69, 9.17) is 26.2 Å². The first kappa shape index (κ1) is 14.5. The quantitative estimate of drug-likeness (QED) is 0.600. The van der Waals surface area contributed by atoms with Gasteiger partial charge in [0.05, 0.1) is 6.61 Å². The summed E-state index contributed by atoms with van der Waals surface area (Å²) in [6.45, 7) is -0.500. The van der Waals surface area contributed by atoms with E-state index in [1.807, 2.05) is 0 Å². The van der Waals surface area contributed by atoms with Crippen molar-refractivity contribution < 1.29 is 29.9 Å². The maximum Gasteiger partial charge on any atom is 0.229 e. The van der Waals surface area contributed by atoms with Crippen LogP contribution in [0.5, 0.6) is 5.75 Å². The number of hydrogen-bond donors (Lipinski definition) is 4. The lowest BCUT2D eigenvalue weighted by Crippen LogP contribution is -2.60. The highest BCUT2D eigenvalue weighted by Gasteiger charge is 2.44. The molecule has 1 aromatic carbocycles. The smallest absolute Gasteiger partial charge is 0.229 e. The molecule has 1 aliphatic rings. The highest BCUT2D eigenvalue weighted by molar-refractivity contribution is 6.30. The molecule has 0 radical (unpaired) electrons. The third-order valence-electron chi connectivity index (χ3n) is 2.90. The molecule has 6 nitrogen and oxygen atoms in total. The molecule has 106 valence electrons. The summed E-state index contributed by atoms with van der Waals surface area (Å²) >= 11 is 5.79. The summed E-state index contributed by atoms with van der Waals surface area (Å²) in [6, 6.07) is 6.43. The van der Waals surface area contributed by atoms with Gasteiger partial charge < -0.3 is 29.9 Å². The molecule has 4 N–H and O–H groups in total. The van der Waals surface area contributed by atoms with Crippen LogP contribution in [0, 0.1) is 0 Å². The third-order valence-corrected chi connectivity index (χ3v) is 3.13. The lowest BCUT2D eigenvalue weighted by molar-refractivity contribution is -0.277. The van der Waals surface area contributed by atoms with Gasteiger partial charge >= 0.3 is 0 Å². The molecule has 0 unspecified atom stereocenters. The van der Waals surface area contributed by atoms with Gasteiger partial charge in [0.1, 0.15) is 30.2 Å². The minimum Gasteiger partial charge on any atom is -0.462 e. The molecule has 0 spiro atoms. The molecule has 1 aliphatic heterocycles. The van der Waals surface area contributed by atoms with Crippen molar-refractivity contribution in [2.45, 2.75) is 30.7 Å². The zero-order chi connectivity index (χ0) is 14.0. The molecule has 1 aromatic rings. The average Bonchev–Trinajstić information content (AvgIpc) is 2.39. The Morgan fingerprint density at radius 3 is 2.53 bits per heavy atom. The van der Waals surface area contributed by atoms with E-state index in [0.29, 0.717) is 10.8 Å². The second-order valence-electron chi connectivity index (χ2n) is 4.27. The van der Waals surface area contributed by atoms with Crippen LogP contribution in [0.15, 0.2) is 24.3 Å². The molecule has 19 heavy (non-hydrogen) atoms. The zero-order valence-electron chi connectivity index (χ0n) is 9.89. The van der Waals surface area contributed by atoms with Crippen LogP contribution in [-0.2, 0) is 4.74 Å². The standard InChI is InChI=1S/C12H15ClO6/c13-6-2-1-3-7(4-6)18-12-11(17)10(16)9(15)8(5-14)19-12/h1-4,8-12,14-17H,5H2/t8-,9+,10-,11-,12-/m0/s1. The zero-order valence-corrected chi connectivity index (χ0v) is 10.6. The molecule has 5 atom stereocenters. The van der Waals surface area contributed by atoms with Crippen molar-refractivity contribution in [3.05, 3.63) is 29.3 Å². The van der Waals surface area contributed by atoms with Gasteiger partial charge in [-0.05, 0) is 18.2 Å². The second-order valence-corrected chi connectivity index (χ2v) is 4.71. The van der Waals surface area contributed by atoms with Gasteiger partial charge in [0.15, 0.2) is 0 Å². The molecule has 0 bridgehead atoms. The van der Waals surface area contributed by atoms with Crippen LogP contribution in [0.4, 0.5) is 0 Å². The second kappa shape index (κ2) is 6.04. The predicted octanol–water partition coefficient (Wildman–Crippen LogP) is -0.481. The fourth-order valence-corrected chi connectivity index (χ4v) is 2.02. The van der Waals surface area contributed by atoms with Gasteiger partial charge in [0.2, 0.25) is 6.29 Å². The molecule has 0 aromatic heterocycles. The van der Waals surface area contributed by atoms with Crippen molar-refractivity contribution >= 4 is 11.6 Å². The van der Waals surface area contributed by atoms with E-state index in [1.165, 1.54) is 6.07 Å². The van der Waals surface area contributed by atoms with Crippen LogP contribution in [0.2, 0.25) is 5.02 Å². The summed E-state index contributed by atoms with van der Waals surface area (Å²) < 4.78 is 10.6. The first-order valence-electron chi connectivity index (χ1n) is 5.75. The number of aliphatic hydroxyl groups is 4. The Morgan fingerprint density at radius 2 is 1.89 bits per heavy atom. The number of hydrogen-bond acceptors (Lipinski definition) is 6. The summed E-state index contributed by atoms with van der Waals surface area (Å²) in [6.07, 6.45) is -6.50. The van der Waals surface area contributed by atoms with Crippen molar-refractivity contribution in [3.8, 4) is 5.75 Å². The summed E-state index contributed by atoms with van der Waals surface area (Å²) in [5, 5.41) is 38.5. The molecule has 0 aliphatic carbocycles. The first-order valence-corrected chi connectivity index (χ1v) is 6.13. The highest BCUT2D eigenvalue weighted by atomic mass is 35.5. The topological polar surface area (TPSA) is 99.4 Å². The van der Waals surface area contributed by atoms with Gasteiger partial charge in [-0.25, -0.2) is 0 Å². The lowest BCUT2D eigenvalue weighted by atomic mass is 9.99. The fraction of sp³-hybridized carbons (Fsp3) is 0.500. The normalized spacial score (nSPS) is 35.1. The number of rotatable bonds is 3. The van der Waals surface area contributed by atoms with Crippen molar-refractivity contribution in [1.29, 1.82) is 0 Å². The monoisotopic (exact) mass is 290 g/mol. The van der Waals surface area contributed by atoms with Crippen molar-refractivity contribution in [1.82, 2.24) is 0 Å². The van der Waals surface area contributed by atoms with E-state index in [0.717, 1.165) is 0 Å². The summed E-state index contributed by atoms with van der Waals surface area (Å²) in [4.78, 5) is 0. The third kappa shape index (κ3) is 3.17. The summed E-state index contributed by atoms with van der Waals surface area (Å²) in [7, 11) is 0.